The molecule has 0 bridgehead atoms. The van der Waals surface area contributed by atoms with E-state index in [1.165, 1.54) is 0 Å². The zero-order valence-corrected chi connectivity index (χ0v) is 13.4. The molecule has 102 valence electrons. The molecule has 0 fully saturated rings. The van der Waals surface area contributed by atoms with Crippen molar-refractivity contribution in [3.05, 3.63) is 32.4 Å². The van der Waals surface area contributed by atoms with E-state index in [0.717, 1.165) is 3.57 Å². The fourth-order valence-corrected chi connectivity index (χ4v) is 2.27. The SMILES string of the molecule is COCCN(CCC#N)C(=O)c1cc(Cl)ccc1I. The topological polar surface area (TPSA) is 53.3 Å². The Morgan fingerprint density at radius 1 is 1.53 bits per heavy atom. The van der Waals surface area contributed by atoms with Crippen LogP contribution in [0.3, 0.4) is 0 Å². The Bertz CT molecular complexity index is 488. The molecule has 0 aromatic heterocycles. The maximum atomic E-state index is 12.4. The quantitative estimate of drug-likeness (QED) is 0.700. The maximum Gasteiger partial charge on any atom is 0.255 e. The number of hydrogen-bond donors (Lipinski definition) is 0. The summed E-state index contributed by atoms with van der Waals surface area (Å²) in [5, 5.41) is 9.17. The lowest BCUT2D eigenvalue weighted by atomic mass is 10.2. The molecule has 1 aromatic carbocycles. The van der Waals surface area contributed by atoms with Gasteiger partial charge in [0.15, 0.2) is 0 Å². The third-order valence-corrected chi connectivity index (χ3v) is 3.68. The summed E-state index contributed by atoms with van der Waals surface area (Å²) in [5.74, 6) is -0.126. The number of ether oxygens (including phenoxy) is 1. The van der Waals surface area contributed by atoms with Gasteiger partial charge in [-0.25, -0.2) is 0 Å². The van der Waals surface area contributed by atoms with Crippen LogP contribution in [0.5, 0.6) is 0 Å². The van der Waals surface area contributed by atoms with E-state index in [1.54, 1.807) is 30.2 Å². The second-order valence-electron chi connectivity index (χ2n) is 3.82. The molecular formula is C13H14ClIN2O2. The molecule has 0 aliphatic heterocycles. The van der Waals surface area contributed by atoms with Crippen molar-refractivity contribution in [3.63, 3.8) is 0 Å². The van der Waals surface area contributed by atoms with Gasteiger partial charge in [0.2, 0.25) is 0 Å². The summed E-state index contributed by atoms with van der Waals surface area (Å²) in [4.78, 5) is 14.0. The molecular weight excluding hydrogens is 379 g/mol. The van der Waals surface area contributed by atoms with Crippen LogP contribution < -0.4 is 0 Å². The van der Waals surface area contributed by atoms with Crippen molar-refractivity contribution in [1.29, 1.82) is 5.26 Å². The molecule has 0 N–H and O–H groups in total. The number of hydrogen-bond acceptors (Lipinski definition) is 3. The van der Waals surface area contributed by atoms with Gasteiger partial charge in [-0.05, 0) is 40.8 Å². The van der Waals surface area contributed by atoms with Gasteiger partial charge in [-0.1, -0.05) is 11.6 Å². The average molecular weight is 393 g/mol. The van der Waals surface area contributed by atoms with Crippen molar-refractivity contribution in [2.75, 3.05) is 26.8 Å². The first-order chi connectivity index (χ1) is 9.10. The van der Waals surface area contributed by atoms with E-state index in [0.29, 0.717) is 36.7 Å². The Morgan fingerprint density at radius 3 is 2.89 bits per heavy atom. The van der Waals surface area contributed by atoms with Gasteiger partial charge in [-0.2, -0.15) is 5.26 Å². The molecule has 0 heterocycles. The average Bonchev–Trinajstić information content (AvgIpc) is 2.41. The van der Waals surface area contributed by atoms with Crippen molar-refractivity contribution in [3.8, 4) is 6.07 Å². The first-order valence-corrected chi connectivity index (χ1v) is 7.16. The van der Waals surface area contributed by atoms with Crippen molar-refractivity contribution >= 4 is 40.1 Å². The Labute approximate surface area is 131 Å². The lowest BCUT2D eigenvalue weighted by Gasteiger charge is -2.22. The van der Waals surface area contributed by atoms with Crippen LogP contribution >= 0.6 is 34.2 Å². The molecule has 0 atom stereocenters. The number of nitrogens with zero attached hydrogens (tertiary/aromatic N) is 2. The molecule has 1 aromatic rings. The zero-order chi connectivity index (χ0) is 14.3. The van der Waals surface area contributed by atoms with Gasteiger partial charge in [0.1, 0.15) is 0 Å². The number of benzene rings is 1. The van der Waals surface area contributed by atoms with Crippen LogP contribution in [0.2, 0.25) is 5.02 Å². The van der Waals surface area contributed by atoms with Crippen LogP contribution in [0, 0.1) is 14.9 Å². The van der Waals surface area contributed by atoms with Crippen LogP contribution in [0.1, 0.15) is 16.8 Å². The van der Waals surface area contributed by atoms with Crippen LogP contribution in [-0.4, -0.2) is 37.6 Å². The highest BCUT2D eigenvalue weighted by atomic mass is 127. The Kier molecular flexibility index (Phi) is 7.13. The van der Waals surface area contributed by atoms with Crippen LogP contribution in [0.4, 0.5) is 0 Å². The fourth-order valence-electron chi connectivity index (χ4n) is 1.53. The van der Waals surface area contributed by atoms with E-state index in [9.17, 15) is 4.79 Å². The summed E-state index contributed by atoms with van der Waals surface area (Å²) in [5.41, 5.74) is 0.558. The van der Waals surface area contributed by atoms with Crippen LogP contribution in [0.15, 0.2) is 18.2 Å². The third kappa shape index (κ3) is 4.97. The summed E-state index contributed by atoms with van der Waals surface area (Å²) in [6.45, 7) is 1.29. The van der Waals surface area contributed by atoms with E-state index in [4.69, 9.17) is 21.6 Å². The first-order valence-electron chi connectivity index (χ1n) is 5.70. The Morgan fingerprint density at radius 2 is 2.26 bits per heavy atom. The number of carbonyl (C=O) groups excluding carboxylic acids is 1. The number of halogens is 2. The van der Waals surface area contributed by atoms with E-state index >= 15 is 0 Å². The second-order valence-corrected chi connectivity index (χ2v) is 5.42. The Hall–Kier alpha value is -0.840. The van der Waals surface area contributed by atoms with E-state index in [2.05, 4.69) is 22.6 Å². The number of nitriles is 1. The largest absolute Gasteiger partial charge is 0.383 e. The van der Waals surface area contributed by atoms with Gasteiger partial charge in [-0.3, -0.25) is 4.79 Å². The van der Waals surface area contributed by atoms with Crippen molar-refractivity contribution < 1.29 is 9.53 Å². The molecule has 0 aliphatic carbocycles. The summed E-state index contributed by atoms with van der Waals surface area (Å²) in [7, 11) is 1.58. The van der Waals surface area contributed by atoms with Gasteiger partial charge < -0.3 is 9.64 Å². The minimum Gasteiger partial charge on any atom is -0.383 e. The number of carbonyl (C=O) groups is 1. The van der Waals surface area contributed by atoms with Crippen LogP contribution in [0.25, 0.3) is 0 Å². The standard InChI is InChI=1S/C13H14ClIN2O2/c1-19-8-7-17(6-2-5-16)13(18)11-9-10(14)3-4-12(11)15/h3-4,9H,2,6-8H2,1H3. The molecule has 6 heteroatoms. The lowest BCUT2D eigenvalue weighted by molar-refractivity contribution is 0.0699. The highest BCUT2D eigenvalue weighted by molar-refractivity contribution is 14.1. The third-order valence-electron chi connectivity index (χ3n) is 2.50. The lowest BCUT2D eigenvalue weighted by Crippen LogP contribution is -2.35. The minimum atomic E-state index is -0.126. The fraction of sp³-hybridized carbons (Fsp3) is 0.385. The molecule has 19 heavy (non-hydrogen) atoms. The number of amides is 1. The Balaban J connectivity index is 2.91. The van der Waals surface area contributed by atoms with E-state index in [1.807, 2.05) is 6.07 Å². The smallest absolute Gasteiger partial charge is 0.255 e. The van der Waals surface area contributed by atoms with Gasteiger partial charge in [0, 0.05) is 28.8 Å². The highest BCUT2D eigenvalue weighted by Gasteiger charge is 2.18. The molecule has 0 unspecified atom stereocenters. The van der Waals surface area contributed by atoms with Crippen LogP contribution in [-0.2, 0) is 4.74 Å². The summed E-state index contributed by atoms with van der Waals surface area (Å²) >= 11 is 8.02. The zero-order valence-electron chi connectivity index (χ0n) is 10.5. The molecule has 1 amide bonds. The summed E-state index contributed by atoms with van der Waals surface area (Å²) < 4.78 is 5.83. The summed E-state index contributed by atoms with van der Waals surface area (Å²) in [6.07, 6.45) is 0.298. The molecule has 0 spiro atoms. The van der Waals surface area contributed by atoms with Gasteiger partial charge in [0.25, 0.3) is 5.91 Å². The predicted octanol–water partition coefficient (Wildman–Crippen LogP) is 2.95. The number of methoxy groups -OCH3 is 1. The molecule has 0 saturated carbocycles. The first kappa shape index (κ1) is 16.2. The predicted molar refractivity (Wildman–Crippen MR) is 82.2 cm³/mol. The molecule has 0 radical (unpaired) electrons. The normalized spacial score (nSPS) is 10.0. The highest BCUT2D eigenvalue weighted by Crippen LogP contribution is 2.19. The monoisotopic (exact) mass is 392 g/mol. The maximum absolute atomic E-state index is 12.4. The molecule has 1 rings (SSSR count). The summed E-state index contributed by atoms with van der Waals surface area (Å²) in [6, 6.07) is 7.24. The van der Waals surface area contributed by atoms with Crippen molar-refractivity contribution in [2.45, 2.75) is 6.42 Å². The van der Waals surface area contributed by atoms with E-state index < -0.39 is 0 Å². The van der Waals surface area contributed by atoms with Gasteiger partial charge >= 0.3 is 0 Å². The van der Waals surface area contributed by atoms with Crippen molar-refractivity contribution in [1.82, 2.24) is 4.90 Å². The molecule has 0 aliphatic rings. The van der Waals surface area contributed by atoms with Gasteiger partial charge in [0.05, 0.1) is 24.7 Å². The second kappa shape index (κ2) is 8.35. The number of rotatable bonds is 6. The van der Waals surface area contributed by atoms with E-state index in [-0.39, 0.29) is 5.91 Å². The van der Waals surface area contributed by atoms with Crippen molar-refractivity contribution in [2.24, 2.45) is 0 Å². The van der Waals surface area contributed by atoms with Gasteiger partial charge in [-0.15, -0.1) is 0 Å². The molecule has 4 nitrogen and oxygen atoms in total. The molecule has 0 saturated heterocycles. The minimum absolute atomic E-state index is 0.126.